The Labute approximate surface area is 101 Å². The molecule has 2 rings (SSSR count). The lowest BCUT2D eigenvalue weighted by molar-refractivity contribution is 0.112. The topological polar surface area (TPSA) is 30.0 Å². The number of carbonyl (C=O) groups is 1. The van der Waals surface area contributed by atoms with Gasteiger partial charge in [-0.1, -0.05) is 37.6 Å². The molecule has 0 unspecified atom stereocenters. The summed E-state index contributed by atoms with van der Waals surface area (Å²) in [4.78, 5) is 14.7. The molecule has 0 aliphatic rings. The van der Waals surface area contributed by atoms with Crippen LogP contribution in [0.3, 0.4) is 0 Å². The summed E-state index contributed by atoms with van der Waals surface area (Å²) in [6.07, 6.45) is 6.43. The zero-order chi connectivity index (χ0) is 12.1. The first kappa shape index (κ1) is 11.5. The highest BCUT2D eigenvalue weighted by molar-refractivity contribution is 5.77. The van der Waals surface area contributed by atoms with E-state index in [-0.39, 0.29) is 0 Å². The number of pyridine rings is 1. The highest BCUT2D eigenvalue weighted by Crippen LogP contribution is 2.19. The van der Waals surface area contributed by atoms with E-state index in [1.54, 1.807) is 12.4 Å². The molecule has 0 spiro atoms. The minimum Gasteiger partial charge on any atom is -0.298 e. The Hall–Kier alpha value is -1.96. The van der Waals surface area contributed by atoms with Gasteiger partial charge >= 0.3 is 0 Å². The van der Waals surface area contributed by atoms with Gasteiger partial charge in [0.25, 0.3) is 0 Å². The first-order valence-electron chi connectivity index (χ1n) is 5.83. The van der Waals surface area contributed by atoms with Crippen molar-refractivity contribution in [3.8, 4) is 11.1 Å². The van der Waals surface area contributed by atoms with Crippen molar-refractivity contribution in [2.75, 3.05) is 0 Å². The molecule has 0 aliphatic heterocycles. The zero-order valence-corrected chi connectivity index (χ0v) is 9.89. The molecule has 0 saturated carbocycles. The quantitative estimate of drug-likeness (QED) is 0.745. The Kier molecular flexibility index (Phi) is 3.66. The third-order valence-electron chi connectivity index (χ3n) is 2.72. The van der Waals surface area contributed by atoms with E-state index in [0.717, 1.165) is 30.3 Å². The summed E-state index contributed by atoms with van der Waals surface area (Å²) in [5, 5.41) is 0. The lowest BCUT2D eigenvalue weighted by atomic mass is 10.0. The summed E-state index contributed by atoms with van der Waals surface area (Å²) in [5.41, 5.74) is 4.04. The molecule has 2 heteroatoms. The Morgan fingerprint density at radius 2 is 1.88 bits per heavy atom. The number of nitrogens with zero attached hydrogens (tertiary/aromatic N) is 1. The number of hydrogen-bond donors (Lipinski definition) is 0. The molecule has 0 bridgehead atoms. The number of benzene rings is 1. The SMILES string of the molecule is CCCc1ccc(-c2cncc(C=O)c2)cc1. The van der Waals surface area contributed by atoms with Crippen molar-refractivity contribution in [1.29, 1.82) is 0 Å². The molecule has 1 aromatic heterocycles. The second-order valence-corrected chi connectivity index (χ2v) is 4.07. The third kappa shape index (κ3) is 2.78. The molecule has 1 aromatic carbocycles. The van der Waals surface area contributed by atoms with Crippen molar-refractivity contribution in [2.45, 2.75) is 19.8 Å². The van der Waals surface area contributed by atoms with Gasteiger partial charge in [-0.05, 0) is 23.6 Å². The lowest BCUT2D eigenvalue weighted by Gasteiger charge is -2.03. The van der Waals surface area contributed by atoms with Crippen molar-refractivity contribution in [3.63, 3.8) is 0 Å². The van der Waals surface area contributed by atoms with Crippen LogP contribution in [0.25, 0.3) is 11.1 Å². The molecule has 0 aliphatic carbocycles. The number of hydrogen-bond acceptors (Lipinski definition) is 2. The van der Waals surface area contributed by atoms with Gasteiger partial charge in [0, 0.05) is 23.5 Å². The smallest absolute Gasteiger partial charge is 0.151 e. The first-order valence-corrected chi connectivity index (χ1v) is 5.83. The molecule has 2 nitrogen and oxygen atoms in total. The van der Waals surface area contributed by atoms with E-state index in [9.17, 15) is 4.79 Å². The fourth-order valence-corrected chi connectivity index (χ4v) is 1.83. The summed E-state index contributed by atoms with van der Waals surface area (Å²) in [6, 6.07) is 10.3. The highest BCUT2D eigenvalue weighted by atomic mass is 16.1. The van der Waals surface area contributed by atoms with Gasteiger partial charge in [-0.3, -0.25) is 9.78 Å². The second kappa shape index (κ2) is 5.39. The summed E-state index contributed by atoms with van der Waals surface area (Å²) >= 11 is 0. The maximum atomic E-state index is 10.7. The van der Waals surface area contributed by atoms with Gasteiger partial charge in [0.1, 0.15) is 0 Å². The van der Waals surface area contributed by atoms with E-state index >= 15 is 0 Å². The third-order valence-corrected chi connectivity index (χ3v) is 2.72. The number of rotatable bonds is 4. The van der Waals surface area contributed by atoms with Crippen LogP contribution in [0.5, 0.6) is 0 Å². The molecule has 86 valence electrons. The minimum atomic E-state index is 0.611. The van der Waals surface area contributed by atoms with E-state index < -0.39 is 0 Å². The van der Waals surface area contributed by atoms with Crippen molar-refractivity contribution >= 4 is 6.29 Å². The summed E-state index contributed by atoms with van der Waals surface area (Å²) in [6.45, 7) is 2.17. The van der Waals surface area contributed by atoms with Crippen LogP contribution in [0.2, 0.25) is 0 Å². The van der Waals surface area contributed by atoms with Crippen LogP contribution in [0.1, 0.15) is 29.3 Å². The largest absolute Gasteiger partial charge is 0.298 e. The Balaban J connectivity index is 2.29. The number of aldehydes is 1. The Morgan fingerprint density at radius 3 is 2.53 bits per heavy atom. The first-order chi connectivity index (χ1) is 8.33. The van der Waals surface area contributed by atoms with Gasteiger partial charge in [-0.15, -0.1) is 0 Å². The zero-order valence-electron chi connectivity index (χ0n) is 9.89. The monoisotopic (exact) mass is 225 g/mol. The van der Waals surface area contributed by atoms with E-state index in [0.29, 0.717) is 5.56 Å². The summed E-state index contributed by atoms with van der Waals surface area (Å²) < 4.78 is 0. The fraction of sp³-hybridized carbons (Fsp3) is 0.200. The molecular formula is C15H15NO. The van der Waals surface area contributed by atoms with Crippen LogP contribution in [-0.2, 0) is 6.42 Å². The predicted molar refractivity (Wildman–Crippen MR) is 69.1 cm³/mol. The number of aromatic nitrogens is 1. The van der Waals surface area contributed by atoms with Gasteiger partial charge in [0.05, 0.1) is 0 Å². The molecule has 0 radical (unpaired) electrons. The molecule has 0 fully saturated rings. The fourth-order valence-electron chi connectivity index (χ4n) is 1.83. The number of aryl methyl sites for hydroxylation is 1. The minimum absolute atomic E-state index is 0.611. The molecule has 1 heterocycles. The Bertz CT molecular complexity index is 503. The van der Waals surface area contributed by atoms with Crippen LogP contribution in [-0.4, -0.2) is 11.3 Å². The van der Waals surface area contributed by atoms with E-state index in [1.165, 1.54) is 5.56 Å². The molecule has 2 aromatic rings. The van der Waals surface area contributed by atoms with E-state index in [1.807, 2.05) is 6.07 Å². The average Bonchev–Trinajstić information content (AvgIpc) is 2.40. The van der Waals surface area contributed by atoms with Crippen LogP contribution >= 0.6 is 0 Å². The van der Waals surface area contributed by atoms with Crippen LogP contribution in [0.15, 0.2) is 42.7 Å². The maximum Gasteiger partial charge on any atom is 0.151 e. The van der Waals surface area contributed by atoms with E-state index in [4.69, 9.17) is 0 Å². The van der Waals surface area contributed by atoms with Crippen molar-refractivity contribution < 1.29 is 4.79 Å². The molecule has 0 amide bonds. The predicted octanol–water partition coefficient (Wildman–Crippen LogP) is 3.51. The summed E-state index contributed by atoms with van der Waals surface area (Å²) in [7, 11) is 0. The highest BCUT2D eigenvalue weighted by Gasteiger charge is 2.00. The van der Waals surface area contributed by atoms with Gasteiger partial charge in [-0.2, -0.15) is 0 Å². The van der Waals surface area contributed by atoms with E-state index in [2.05, 4.69) is 36.2 Å². The van der Waals surface area contributed by atoms with Crippen molar-refractivity contribution in [2.24, 2.45) is 0 Å². The van der Waals surface area contributed by atoms with Gasteiger partial charge in [0.15, 0.2) is 6.29 Å². The Morgan fingerprint density at radius 1 is 1.12 bits per heavy atom. The number of carbonyl (C=O) groups excluding carboxylic acids is 1. The van der Waals surface area contributed by atoms with Crippen LogP contribution < -0.4 is 0 Å². The average molecular weight is 225 g/mol. The maximum absolute atomic E-state index is 10.7. The van der Waals surface area contributed by atoms with Gasteiger partial charge in [-0.25, -0.2) is 0 Å². The second-order valence-electron chi connectivity index (χ2n) is 4.07. The van der Waals surface area contributed by atoms with Crippen LogP contribution in [0, 0.1) is 0 Å². The standard InChI is InChI=1S/C15H15NO/c1-2-3-12-4-6-14(7-5-12)15-8-13(11-17)9-16-10-15/h4-11H,2-3H2,1H3. The summed E-state index contributed by atoms with van der Waals surface area (Å²) in [5.74, 6) is 0. The normalized spacial score (nSPS) is 10.2. The molecule has 0 saturated heterocycles. The molecular weight excluding hydrogens is 210 g/mol. The van der Waals surface area contributed by atoms with Crippen LogP contribution in [0.4, 0.5) is 0 Å². The lowest BCUT2D eigenvalue weighted by Crippen LogP contribution is -1.87. The van der Waals surface area contributed by atoms with Crippen molar-refractivity contribution in [3.05, 3.63) is 53.9 Å². The molecule has 0 N–H and O–H groups in total. The van der Waals surface area contributed by atoms with Crippen molar-refractivity contribution in [1.82, 2.24) is 4.98 Å². The molecule has 17 heavy (non-hydrogen) atoms. The molecule has 0 atom stereocenters. The van der Waals surface area contributed by atoms with Gasteiger partial charge in [0.2, 0.25) is 0 Å². The van der Waals surface area contributed by atoms with Gasteiger partial charge < -0.3 is 0 Å².